The lowest BCUT2D eigenvalue weighted by Crippen LogP contribution is -2.35. The minimum Gasteiger partial charge on any atom is -0.480 e. The number of anilines is 1. The molecular formula is C14H17N3O5. The number of likely N-dealkylation sites (N-methyl/N-ethyl adjacent to an activating group) is 1. The first-order valence-corrected chi connectivity index (χ1v) is 6.98. The van der Waals surface area contributed by atoms with Gasteiger partial charge >= 0.3 is 5.97 Å². The lowest BCUT2D eigenvalue weighted by atomic mass is 10.1. The number of nitro benzene ring substituents is 1. The summed E-state index contributed by atoms with van der Waals surface area (Å²) in [6, 6.07) is 4.42. The van der Waals surface area contributed by atoms with Gasteiger partial charge in [0.05, 0.1) is 4.92 Å². The monoisotopic (exact) mass is 307 g/mol. The maximum absolute atomic E-state index is 12.3. The zero-order chi connectivity index (χ0) is 16.3. The highest BCUT2D eigenvalue weighted by Gasteiger charge is 2.26. The Kier molecular flexibility index (Phi) is 4.59. The predicted molar refractivity (Wildman–Crippen MR) is 79.0 cm³/mol. The Bertz CT molecular complexity index is 612. The number of aliphatic carboxylic acids is 1. The van der Waals surface area contributed by atoms with Crippen molar-refractivity contribution in [1.82, 2.24) is 4.90 Å². The molecule has 8 nitrogen and oxygen atoms in total. The second-order valence-corrected chi connectivity index (χ2v) is 5.12. The van der Waals surface area contributed by atoms with Gasteiger partial charge in [-0.05, 0) is 31.9 Å². The van der Waals surface area contributed by atoms with E-state index < -0.39 is 23.3 Å². The number of benzene rings is 1. The molecule has 0 unspecified atom stereocenters. The third-order valence-corrected chi connectivity index (χ3v) is 3.37. The molecule has 1 aromatic carbocycles. The van der Waals surface area contributed by atoms with Crippen LogP contribution in [0.5, 0.6) is 0 Å². The van der Waals surface area contributed by atoms with Crippen LogP contribution in [0.15, 0.2) is 18.2 Å². The first-order chi connectivity index (χ1) is 10.4. The Hall–Kier alpha value is -2.64. The van der Waals surface area contributed by atoms with Crippen molar-refractivity contribution in [2.45, 2.75) is 25.8 Å². The lowest BCUT2D eigenvalue weighted by Gasteiger charge is -2.18. The topological polar surface area (TPSA) is 113 Å². The van der Waals surface area contributed by atoms with Crippen LogP contribution in [0.25, 0.3) is 0 Å². The Labute approximate surface area is 126 Å². The molecule has 0 aromatic heterocycles. The lowest BCUT2D eigenvalue weighted by molar-refractivity contribution is -0.384. The molecule has 1 aliphatic carbocycles. The molecule has 1 saturated carbocycles. The average Bonchev–Trinajstić information content (AvgIpc) is 3.28. The SMILES string of the molecule is CCN(CC(=O)O)C(=O)c1ccc(NC2CC2)c([N+](=O)[O-])c1. The molecule has 2 N–H and O–H groups in total. The molecule has 0 atom stereocenters. The van der Waals surface area contributed by atoms with Crippen LogP contribution in [-0.4, -0.2) is 45.9 Å². The summed E-state index contributed by atoms with van der Waals surface area (Å²) in [6.07, 6.45) is 1.94. The van der Waals surface area contributed by atoms with Gasteiger partial charge in [0.2, 0.25) is 0 Å². The van der Waals surface area contributed by atoms with Gasteiger partial charge in [0.25, 0.3) is 11.6 Å². The van der Waals surface area contributed by atoms with Crippen molar-refractivity contribution in [2.75, 3.05) is 18.4 Å². The zero-order valence-electron chi connectivity index (χ0n) is 12.1. The van der Waals surface area contributed by atoms with E-state index in [0.717, 1.165) is 17.7 Å². The Balaban J connectivity index is 2.26. The van der Waals surface area contributed by atoms with Gasteiger partial charge < -0.3 is 15.3 Å². The van der Waals surface area contributed by atoms with Crippen LogP contribution >= 0.6 is 0 Å². The number of carboxylic acids is 1. The molecule has 0 spiro atoms. The van der Waals surface area contributed by atoms with Crippen molar-refractivity contribution in [3.63, 3.8) is 0 Å². The molecule has 0 heterocycles. The minimum atomic E-state index is -1.13. The van der Waals surface area contributed by atoms with Crippen molar-refractivity contribution in [2.24, 2.45) is 0 Å². The van der Waals surface area contributed by atoms with E-state index in [1.807, 2.05) is 0 Å². The van der Waals surface area contributed by atoms with Crippen molar-refractivity contribution in [3.8, 4) is 0 Å². The maximum atomic E-state index is 12.3. The van der Waals surface area contributed by atoms with Crippen LogP contribution in [0, 0.1) is 10.1 Å². The summed E-state index contributed by atoms with van der Waals surface area (Å²) in [6.45, 7) is 1.42. The summed E-state index contributed by atoms with van der Waals surface area (Å²) in [5.74, 6) is -1.66. The number of carboxylic acid groups (broad SMARTS) is 1. The van der Waals surface area contributed by atoms with Crippen LogP contribution in [-0.2, 0) is 4.79 Å². The largest absolute Gasteiger partial charge is 0.480 e. The van der Waals surface area contributed by atoms with E-state index in [1.165, 1.54) is 18.2 Å². The minimum absolute atomic E-state index is 0.108. The maximum Gasteiger partial charge on any atom is 0.323 e. The predicted octanol–water partition coefficient (Wildman–Crippen LogP) is 1.72. The molecule has 0 bridgehead atoms. The molecule has 1 aromatic rings. The van der Waals surface area contributed by atoms with Crippen molar-refractivity contribution >= 4 is 23.3 Å². The molecule has 8 heteroatoms. The van der Waals surface area contributed by atoms with Crippen LogP contribution in [0.1, 0.15) is 30.1 Å². The molecule has 1 fully saturated rings. The number of nitro groups is 1. The van der Waals surface area contributed by atoms with Gasteiger partial charge in [-0.1, -0.05) is 0 Å². The summed E-state index contributed by atoms with van der Waals surface area (Å²) in [5.41, 5.74) is 0.311. The normalized spacial score (nSPS) is 13.5. The highest BCUT2D eigenvalue weighted by atomic mass is 16.6. The second kappa shape index (κ2) is 6.42. The first-order valence-electron chi connectivity index (χ1n) is 6.98. The quantitative estimate of drug-likeness (QED) is 0.585. The third-order valence-electron chi connectivity index (χ3n) is 3.37. The summed E-state index contributed by atoms with van der Waals surface area (Å²) in [4.78, 5) is 34.7. The number of rotatable bonds is 7. The summed E-state index contributed by atoms with van der Waals surface area (Å²) < 4.78 is 0. The van der Waals surface area contributed by atoms with E-state index in [-0.39, 0.29) is 23.8 Å². The van der Waals surface area contributed by atoms with E-state index in [0.29, 0.717) is 5.69 Å². The van der Waals surface area contributed by atoms with E-state index >= 15 is 0 Å². The number of hydrogen-bond donors (Lipinski definition) is 2. The number of amides is 1. The van der Waals surface area contributed by atoms with Gasteiger partial charge in [-0.15, -0.1) is 0 Å². The number of carbonyl (C=O) groups excluding carboxylic acids is 1. The Morgan fingerprint density at radius 3 is 2.64 bits per heavy atom. The molecule has 1 aliphatic rings. The summed E-state index contributed by atoms with van der Waals surface area (Å²) in [5, 5.41) is 23.0. The molecule has 118 valence electrons. The zero-order valence-corrected chi connectivity index (χ0v) is 12.1. The van der Waals surface area contributed by atoms with Gasteiger partial charge in [-0.25, -0.2) is 0 Å². The first kappa shape index (κ1) is 15.7. The fraction of sp³-hybridized carbons (Fsp3) is 0.429. The fourth-order valence-corrected chi connectivity index (χ4v) is 2.06. The van der Waals surface area contributed by atoms with Crippen LogP contribution in [0.3, 0.4) is 0 Å². The van der Waals surface area contributed by atoms with Gasteiger partial charge in [0.1, 0.15) is 12.2 Å². The summed E-state index contributed by atoms with van der Waals surface area (Å²) >= 11 is 0. The number of hydrogen-bond acceptors (Lipinski definition) is 5. The van der Waals surface area contributed by atoms with Crippen molar-refractivity contribution in [1.29, 1.82) is 0 Å². The van der Waals surface area contributed by atoms with Gasteiger partial charge in [0.15, 0.2) is 0 Å². The molecule has 1 amide bonds. The van der Waals surface area contributed by atoms with Gasteiger partial charge in [-0.2, -0.15) is 0 Å². The fourth-order valence-electron chi connectivity index (χ4n) is 2.06. The highest BCUT2D eigenvalue weighted by molar-refractivity contribution is 5.97. The van der Waals surface area contributed by atoms with E-state index in [9.17, 15) is 19.7 Å². The Morgan fingerprint density at radius 1 is 1.45 bits per heavy atom. The van der Waals surface area contributed by atoms with Crippen molar-refractivity contribution < 1.29 is 19.6 Å². The highest BCUT2D eigenvalue weighted by Crippen LogP contribution is 2.31. The van der Waals surface area contributed by atoms with Gasteiger partial charge in [0, 0.05) is 24.2 Å². The van der Waals surface area contributed by atoms with Gasteiger partial charge in [-0.3, -0.25) is 19.7 Å². The molecule has 2 rings (SSSR count). The molecular weight excluding hydrogens is 290 g/mol. The standard InChI is InChI=1S/C14H17N3O5/c1-2-16(8-13(18)19)14(20)9-3-6-11(15-10-4-5-10)12(7-9)17(21)22/h3,6-7,10,15H,2,4-5,8H2,1H3,(H,18,19). The van der Waals surface area contributed by atoms with Crippen LogP contribution in [0.4, 0.5) is 11.4 Å². The Morgan fingerprint density at radius 2 is 2.14 bits per heavy atom. The molecule has 0 aliphatic heterocycles. The van der Waals surface area contributed by atoms with Crippen molar-refractivity contribution in [3.05, 3.63) is 33.9 Å². The third kappa shape index (κ3) is 3.72. The summed E-state index contributed by atoms with van der Waals surface area (Å²) in [7, 11) is 0. The van der Waals surface area contributed by atoms with Crippen LogP contribution in [0.2, 0.25) is 0 Å². The second-order valence-electron chi connectivity index (χ2n) is 5.12. The average molecular weight is 307 g/mol. The van der Waals surface area contributed by atoms with Crippen LogP contribution < -0.4 is 5.32 Å². The van der Waals surface area contributed by atoms with E-state index in [1.54, 1.807) is 6.92 Å². The smallest absolute Gasteiger partial charge is 0.323 e. The molecule has 0 saturated heterocycles. The molecule has 0 radical (unpaired) electrons. The van der Waals surface area contributed by atoms with E-state index in [2.05, 4.69) is 5.32 Å². The number of carbonyl (C=O) groups is 2. The number of nitrogens with zero attached hydrogens (tertiary/aromatic N) is 2. The van der Waals surface area contributed by atoms with E-state index in [4.69, 9.17) is 5.11 Å². The molecule has 22 heavy (non-hydrogen) atoms. The number of nitrogens with one attached hydrogen (secondary N) is 1.